The lowest BCUT2D eigenvalue weighted by molar-refractivity contribution is -0.116. The van der Waals surface area contributed by atoms with Gasteiger partial charge in [0.1, 0.15) is 17.8 Å². The molecule has 0 fully saturated rings. The number of esters is 1. The van der Waals surface area contributed by atoms with Gasteiger partial charge in [0.05, 0.1) is 12.5 Å². The van der Waals surface area contributed by atoms with Crippen molar-refractivity contribution in [3.8, 4) is 0 Å². The summed E-state index contributed by atoms with van der Waals surface area (Å²) in [5.74, 6) is -0.652. The van der Waals surface area contributed by atoms with E-state index in [1.165, 1.54) is 23.4 Å². The second kappa shape index (κ2) is 8.26. The summed E-state index contributed by atoms with van der Waals surface area (Å²) in [6, 6.07) is 10.9. The molecule has 2 heterocycles. The monoisotopic (exact) mass is 393 g/mol. The summed E-state index contributed by atoms with van der Waals surface area (Å²) in [7, 11) is 1.21. The summed E-state index contributed by atoms with van der Waals surface area (Å²) in [5, 5.41) is 3.09. The molecule has 150 valence electrons. The Kier molecular flexibility index (Phi) is 5.77. The molecule has 0 saturated heterocycles. The van der Waals surface area contributed by atoms with Crippen molar-refractivity contribution in [1.82, 2.24) is 9.55 Å². The molecule has 29 heavy (non-hydrogen) atoms. The van der Waals surface area contributed by atoms with E-state index in [4.69, 9.17) is 4.74 Å². The van der Waals surface area contributed by atoms with Crippen LogP contribution in [0.2, 0.25) is 0 Å². The van der Waals surface area contributed by atoms with Crippen molar-refractivity contribution in [3.63, 3.8) is 0 Å². The van der Waals surface area contributed by atoms with E-state index in [0.29, 0.717) is 22.9 Å². The van der Waals surface area contributed by atoms with E-state index in [-0.39, 0.29) is 23.4 Å². The highest BCUT2D eigenvalue weighted by Gasteiger charge is 2.18. The number of carbonyl (C=O) groups is 2. The molecule has 2 aromatic heterocycles. The summed E-state index contributed by atoms with van der Waals surface area (Å²) in [5.41, 5.74) is 2.27. The molecule has 1 aromatic carbocycles. The van der Waals surface area contributed by atoms with E-state index in [1.54, 1.807) is 19.1 Å². The Morgan fingerprint density at radius 2 is 1.83 bits per heavy atom. The van der Waals surface area contributed by atoms with Crippen LogP contribution in [0.15, 0.2) is 47.4 Å². The molecule has 7 nitrogen and oxygen atoms in total. The summed E-state index contributed by atoms with van der Waals surface area (Å²) in [6.07, 6.45) is 1.32. The molecule has 0 aliphatic heterocycles. The highest BCUT2D eigenvalue weighted by molar-refractivity contribution is 5.94. The molecular formula is C22H23N3O4. The first-order chi connectivity index (χ1) is 13.8. The summed E-state index contributed by atoms with van der Waals surface area (Å²) in [6.45, 7) is 5.88. The number of fused-ring (bicyclic) bond motifs is 1. The third-order valence-electron chi connectivity index (χ3n) is 4.64. The molecule has 0 atom stereocenters. The van der Waals surface area contributed by atoms with Crippen molar-refractivity contribution in [1.29, 1.82) is 0 Å². The van der Waals surface area contributed by atoms with Crippen LogP contribution in [0.25, 0.3) is 11.0 Å². The Labute approximate surface area is 168 Å². The van der Waals surface area contributed by atoms with Crippen LogP contribution in [0.3, 0.4) is 0 Å². The number of aromatic nitrogens is 2. The van der Waals surface area contributed by atoms with Crippen molar-refractivity contribution >= 4 is 28.6 Å². The number of benzene rings is 1. The van der Waals surface area contributed by atoms with Gasteiger partial charge in [-0.3, -0.25) is 9.59 Å². The van der Waals surface area contributed by atoms with Gasteiger partial charge < -0.3 is 14.6 Å². The molecule has 0 radical (unpaired) electrons. The van der Waals surface area contributed by atoms with Crippen molar-refractivity contribution in [2.24, 2.45) is 0 Å². The standard InChI is InChI=1S/C22H23N3O4/c1-13(2)15-6-8-16(9-7-15)24-19(26)12-25-11-18(22(28)29-4)20(27)17-10-5-14(3)23-21(17)25/h5-11,13H,12H2,1-4H3,(H,24,26). The Morgan fingerprint density at radius 1 is 1.14 bits per heavy atom. The SMILES string of the molecule is COC(=O)c1cn(CC(=O)Nc2ccc(C(C)C)cc2)c2nc(C)ccc2c1=O. The topological polar surface area (TPSA) is 90.3 Å². The first-order valence-corrected chi connectivity index (χ1v) is 9.29. The van der Waals surface area contributed by atoms with Gasteiger partial charge in [0.15, 0.2) is 0 Å². The number of nitrogens with zero attached hydrogens (tertiary/aromatic N) is 2. The maximum absolute atomic E-state index is 12.6. The van der Waals surface area contributed by atoms with Crippen LogP contribution >= 0.6 is 0 Å². The van der Waals surface area contributed by atoms with Crippen LogP contribution < -0.4 is 10.7 Å². The number of hydrogen-bond donors (Lipinski definition) is 1. The van der Waals surface area contributed by atoms with Crippen LogP contribution in [0.4, 0.5) is 5.69 Å². The molecule has 1 amide bonds. The highest BCUT2D eigenvalue weighted by Crippen LogP contribution is 2.17. The maximum atomic E-state index is 12.6. The summed E-state index contributed by atoms with van der Waals surface area (Å²) >= 11 is 0. The fourth-order valence-corrected chi connectivity index (χ4v) is 3.04. The third-order valence-corrected chi connectivity index (χ3v) is 4.64. The van der Waals surface area contributed by atoms with Gasteiger partial charge >= 0.3 is 5.97 Å². The number of rotatable bonds is 5. The van der Waals surface area contributed by atoms with Crippen LogP contribution in [0, 0.1) is 6.92 Å². The Morgan fingerprint density at radius 3 is 2.45 bits per heavy atom. The van der Waals surface area contributed by atoms with E-state index in [2.05, 4.69) is 24.1 Å². The lowest BCUT2D eigenvalue weighted by atomic mass is 10.0. The van der Waals surface area contributed by atoms with Crippen LogP contribution in [-0.2, 0) is 16.1 Å². The van der Waals surface area contributed by atoms with E-state index >= 15 is 0 Å². The van der Waals surface area contributed by atoms with Gasteiger partial charge in [0, 0.05) is 17.6 Å². The zero-order valence-corrected chi connectivity index (χ0v) is 16.9. The fraction of sp³-hybridized carbons (Fsp3) is 0.273. The summed E-state index contributed by atoms with van der Waals surface area (Å²) in [4.78, 5) is 41.6. The lowest BCUT2D eigenvalue weighted by Crippen LogP contribution is -2.25. The molecule has 3 aromatic rings. The zero-order chi connectivity index (χ0) is 21.1. The average molecular weight is 393 g/mol. The van der Waals surface area contributed by atoms with E-state index in [1.807, 2.05) is 24.3 Å². The van der Waals surface area contributed by atoms with Crippen molar-refractivity contribution in [3.05, 3.63) is 69.6 Å². The zero-order valence-electron chi connectivity index (χ0n) is 16.9. The number of anilines is 1. The molecule has 7 heteroatoms. The smallest absolute Gasteiger partial charge is 0.343 e. The van der Waals surface area contributed by atoms with Crippen LogP contribution in [-0.4, -0.2) is 28.5 Å². The number of aryl methyl sites for hydroxylation is 1. The second-order valence-corrected chi connectivity index (χ2v) is 7.14. The van der Waals surface area contributed by atoms with E-state index in [9.17, 15) is 14.4 Å². The van der Waals surface area contributed by atoms with Crippen LogP contribution in [0.1, 0.15) is 41.4 Å². The lowest BCUT2D eigenvalue weighted by Gasteiger charge is -2.13. The van der Waals surface area contributed by atoms with Crippen molar-refractivity contribution < 1.29 is 14.3 Å². The van der Waals surface area contributed by atoms with Gasteiger partial charge in [-0.15, -0.1) is 0 Å². The average Bonchev–Trinajstić information content (AvgIpc) is 2.69. The Balaban J connectivity index is 1.94. The molecule has 0 saturated carbocycles. The van der Waals surface area contributed by atoms with Gasteiger partial charge in [0.2, 0.25) is 11.3 Å². The molecule has 1 N–H and O–H groups in total. The van der Waals surface area contributed by atoms with Gasteiger partial charge in [-0.2, -0.15) is 0 Å². The van der Waals surface area contributed by atoms with E-state index in [0.717, 1.165) is 0 Å². The predicted molar refractivity (Wildman–Crippen MR) is 111 cm³/mol. The molecule has 3 rings (SSSR count). The van der Waals surface area contributed by atoms with Crippen molar-refractivity contribution in [2.75, 3.05) is 12.4 Å². The third kappa shape index (κ3) is 4.34. The normalized spacial score (nSPS) is 10.9. The predicted octanol–water partition coefficient (Wildman–Crippen LogP) is 3.25. The number of carbonyl (C=O) groups excluding carboxylic acids is 2. The number of nitrogens with one attached hydrogen (secondary N) is 1. The number of hydrogen-bond acceptors (Lipinski definition) is 5. The largest absolute Gasteiger partial charge is 0.465 e. The minimum Gasteiger partial charge on any atom is -0.465 e. The molecule has 0 aliphatic carbocycles. The molecular weight excluding hydrogens is 370 g/mol. The van der Waals surface area contributed by atoms with Gasteiger partial charge in [0.25, 0.3) is 0 Å². The number of ether oxygens (including phenoxy) is 1. The Bertz CT molecular complexity index is 1130. The fourth-order valence-electron chi connectivity index (χ4n) is 3.04. The number of pyridine rings is 2. The maximum Gasteiger partial charge on any atom is 0.343 e. The minimum atomic E-state index is -0.754. The highest BCUT2D eigenvalue weighted by atomic mass is 16.5. The summed E-state index contributed by atoms with van der Waals surface area (Å²) < 4.78 is 6.20. The number of amides is 1. The minimum absolute atomic E-state index is 0.108. The quantitative estimate of drug-likeness (QED) is 0.672. The molecule has 0 unspecified atom stereocenters. The molecule has 0 bridgehead atoms. The van der Waals surface area contributed by atoms with E-state index < -0.39 is 11.4 Å². The molecule has 0 spiro atoms. The van der Waals surface area contributed by atoms with Crippen molar-refractivity contribution in [2.45, 2.75) is 33.2 Å². The first kappa shape index (κ1) is 20.3. The van der Waals surface area contributed by atoms with Gasteiger partial charge in [-0.1, -0.05) is 26.0 Å². The molecule has 0 aliphatic rings. The first-order valence-electron chi connectivity index (χ1n) is 9.29. The van der Waals surface area contributed by atoms with Gasteiger partial charge in [-0.05, 0) is 42.7 Å². The van der Waals surface area contributed by atoms with Crippen LogP contribution in [0.5, 0.6) is 0 Å². The number of methoxy groups -OCH3 is 1. The second-order valence-electron chi connectivity index (χ2n) is 7.14. The van der Waals surface area contributed by atoms with Gasteiger partial charge in [-0.25, -0.2) is 9.78 Å². The Hall–Kier alpha value is -3.48.